The average Bonchev–Trinajstić information content (AvgIpc) is 2.17. The molecule has 0 aromatic heterocycles. The molecule has 0 aliphatic carbocycles. The normalized spacial score (nSPS) is 10.8. The van der Waals surface area contributed by atoms with Gasteiger partial charge in [-0.15, -0.1) is 12.4 Å². The monoisotopic (exact) mass is 255 g/mol. The van der Waals surface area contributed by atoms with Gasteiger partial charge in [0.2, 0.25) is 0 Å². The number of hydrogen-bond donors (Lipinski definition) is 1. The first-order valence-electron chi connectivity index (χ1n) is 4.41. The zero-order valence-electron chi connectivity index (χ0n) is 8.67. The summed E-state index contributed by atoms with van der Waals surface area (Å²) < 4.78 is 40.3. The highest BCUT2D eigenvalue weighted by Crippen LogP contribution is 2.14. The van der Waals surface area contributed by atoms with Gasteiger partial charge in [0.15, 0.2) is 0 Å². The van der Waals surface area contributed by atoms with E-state index in [2.05, 4.69) is 5.32 Å². The summed E-state index contributed by atoms with van der Waals surface area (Å²) in [6, 6.07) is 6.87. The van der Waals surface area contributed by atoms with Crippen molar-refractivity contribution in [1.29, 1.82) is 0 Å². The smallest absolute Gasteiger partial charge is 0.401 e. The van der Waals surface area contributed by atoms with Gasteiger partial charge < -0.3 is 10.1 Å². The van der Waals surface area contributed by atoms with E-state index >= 15 is 0 Å². The predicted molar refractivity (Wildman–Crippen MR) is 58.0 cm³/mol. The average molecular weight is 256 g/mol. The fourth-order valence-electron chi connectivity index (χ4n) is 1.09. The Morgan fingerprint density at radius 1 is 1.19 bits per heavy atom. The molecule has 1 rings (SSSR count). The van der Waals surface area contributed by atoms with Crippen molar-refractivity contribution in [2.45, 2.75) is 12.7 Å². The van der Waals surface area contributed by atoms with Crippen LogP contribution in [0.3, 0.4) is 0 Å². The Hall–Kier alpha value is -0.940. The molecular formula is C10H13ClF3NO. The van der Waals surface area contributed by atoms with Crippen molar-refractivity contribution < 1.29 is 17.9 Å². The molecule has 0 aliphatic rings. The first-order chi connectivity index (χ1) is 7.01. The van der Waals surface area contributed by atoms with Crippen LogP contribution < -0.4 is 10.1 Å². The Balaban J connectivity index is 0.00000225. The van der Waals surface area contributed by atoms with Gasteiger partial charge in [-0.3, -0.25) is 0 Å². The zero-order chi connectivity index (χ0) is 11.3. The van der Waals surface area contributed by atoms with E-state index in [0.717, 1.165) is 5.56 Å². The number of alkyl halides is 3. The number of halogens is 4. The SMILES string of the molecule is COc1ccc(CNCC(F)(F)F)cc1.Cl. The minimum atomic E-state index is -4.16. The van der Waals surface area contributed by atoms with Crippen LogP contribution >= 0.6 is 12.4 Å². The Kier molecular flexibility index (Phi) is 6.21. The highest BCUT2D eigenvalue weighted by molar-refractivity contribution is 5.85. The summed E-state index contributed by atoms with van der Waals surface area (Å²) in [4.78, 5) is 0. The van der Waals surface area contributed by atoms with Gasteiger partial charge in [-0.2, -0.15) is 13.2 Å². The second-order valence-corrected chi connectivity index (χ2v) is 3.07. The predicted octanol–water partition coefficient (Wildman–Crippen LogP) is 2.77. The molecular weight excluding hydrogens is 243 g/mol. The molecule has 0 unspecified atom stereocenters. The molecule has 0 amide bonds. The van der Waals surface area contributed by atoms with Gasteiger partial charge in [-0.05, 0) is 17.7 Å². The van der Waals surface area contributed by atoms with Gasteiger partial charge in [-0.1, -0.05) is 12.1 Å². The molecule has 16 heavy (non-hydrogen) atoms. The van der Waals surface area contributed by atoms with Crippen LogP contribution in [-0.4, -0.2) is 19.8 Å². The molecule has 1 aromatic rings. The largest absolute Gasteiger partial charge is 0.497 e. The van der Waals surface area contributed by atoms with Crippen LogP contribution in [0.1, 0.15) is 5.56 Å². The first-order valence-corrected chi connectivity index (χ1v) is 4.41. The minimum Gasteiger partial charge on any atom is -0.497 e. The molecule has 0 saturated heterocycles. The van der Waals surface area contributed by atoms with Gasteiger partial charge >= 0.3 is 6.18 Å². The molecule has 2 nitrogen and oxygen atoms in total. The van der Waals surface area contributed by atoms with Crippen LogP contribution in [0.4, 0.5) is 13.2 Å². The summed E-state index contributed by atoms with van der Waals surface area (Å²) in [7, 11) is 1.54. The Morgan fingerprint density at radius 2 is 1.75 bits per heavy atom. The van der Waals surface area contributed by atoms with E-state index in [0.29, 0.717) is 5.75 Å². The van der Waals surface area contributed by atoms with Crippen molar-refractivity contribution >= 4 is 12.4 Å². The van der Waals surface area contributed by atoms with Crippen LogP contribution in [0.5, 0.6) is 5.75 Å². The van der Waals surface area contributed by atoms with Gasteiger partial charge in [0.05, 0.1) is 13.7 Å². The van der Waals surface area contributed by atoms with E-state index in [1.54, 1.807) is 24.3 Å². The number of rotatable bonds is 4. The molecule has 0 bridgehead atoms. The van der Waals surface area contributed by atoms with Crippen molar-refractivity contribution in [1.82, 2.24) is 5.32 Å². The van der Waals surface area contributed by atoms with Crippen molar-refractivity contribution in [3.8, 4) is 5.75 Å². The summed E-state index contributed by atoms with van der Waals surface area (Å²) in [6.45, 7) is -0.775. The summed E-state index contributed by atoms with van der Waals surface area (Å²) in [5.74, 6) is 0.689. The van der Waals surface area contributed by atoms with Crippen LogP contribution in [0.15, 0.2) is 24.3 Å². The van der Waals surface area contributed by atoms with Gasteiger partial charge in [0.1, 0.15) is 5.75 Å². The molecule has 1 N–H and O–H groups in total. The molecule has 0 atom stereocenters. The Labute approximate surface area is 98.2 Å². The van der Waals surface area contributed by atoms with Gasteiger partial charge in [-0.25, -0.2) is 0 Å². The van der Waals surface area contributed by atoms with E-state index in [1.165, 1.54) is 7.11 Å². The highest BCUT2D eigenvalue weighted by atomic mass is 35.5. The van der Waals surface area contributed by atoms with Crippen LogP contribution in [-0.2, 0) is 6.54 Å². The van der Waals surface area contributed by atoms with Crippen molar-refractivity contribution in [2.24, 2.45) is 0 Å². The summed E-state index contributed by atoms with van der Waals surface area (Å²) in [5, 5.41) is 2.31. The third-order valence-electron chi connectivity index (χ3n) is 1.81. The maximum absolute atomic E-state index is 11.8. The lowest BCUT2D eigenvalue weighted by Crippen LogP contribution is -2.28. The molecule has 0 saturated carbocycles. The number of hydrogen-bond acceptors (Lipinski definition) is 2. The van der Waals surface area contributed by atoms with Crippen LogP contribution in [0.2, 0.25) is 0 Å². The molecule has 0 aliphatic heterocycles. The van der Waals surface area contributed by atoms with E-state index < -0.39 is 12.7 Å². The Morgan fingerprint density at radius 3 is 2.19 bits per heavy atom. The Bertz CT molecular complexity index is 300. The summed E-state index contributed by atoms with van der Waals surface area (Å²) in [6.07, 6.45) is -4.16. The topological polar surface area (TPSA) is 21.3 Å². The number of methoxy groups -OCH3 is 1. The molecule has 1 aromatic carbocycles. The first kappa shape index (κ1) is 15.1. The number of ether oxygens (including phenoxy) is 1. The van der Waals surface area contributed by atoms with Gasteiger partial charge in [0.25, 0.3) is 0 Å². The fraction of sp³-hybridized carbons (Fsp3) is 0.400. The second-order valence-electron chi connectivity index (χ2n) is 3.07. The van der Waals surface area contributed by atoms with E-state index in [1.807, 2.05) is 0 Å². The van der Waals surface area contributed by atoms with Crippen LogP contribution in [0, 0.1) is 0 Å². The zero-order valence-corrected chi connectivity index (χ0v) is 9.49. The molecule has 0 heterocycles. The fourth-order valence-corrected chi connectivity index (χ4v) is 1.09. The molecule has 0 radical (unpaired) electrons. The lowest BCUT2D eigenvalue weighted by molar-refractivity contribution is -0.125. The third-order valence-corrected chi connectivity index (χ3v) is 1.81. The van der Waals surface area contributed by atoms with Crippen molar-refractivity contribution in [2.75, 3.05) is 13.7 Å². The van der Waals surface area contributed by atoms with E-state index in [-0.39, 0.29) is 19.0 Å². The minimum absolute atomic E-state index is 0. The van der Waals surface area contributed by atoms with Crippen LogP contribution in [0.25, 0.3) is 0 Å². The lowest BCUT2D eigenvalue weighted by Gasteiger charge is -2.08. The molecule has 92 valence electrons. The van der Waals surface area contributed by atoms with Crippen molar-refractivity contribution in [3.63, 3.8) is 0 Å². The number of nitrogens with one attached hydrogen (secondary N) is 1. The highest BCUT2D eigenvalue weighted by Gasteiger charge is 2.25. The third kappa shape index (κ3) is 5.82. The maximum Gasteiger partial charge on any atom is 0.401 e. The molecule has 0 fully saturated rings. The van der Waals surface area contributed by atoms with Crippen molar-refractivity contribution in [3.05, 3.63) is 29.8 Å². The lowest BCUT2D eigenvalue weighted by atomic mass is 10.2. The number of benzene rings is 1. The summed E-state index contributed by atoms with van der Waals surface area (Å²) in [5.41, 5.74) is 0.792. The van der Waals surface area contributed by atoms with Gasteiger partial charge in [0, 0.05) is 6.54 Å². The maximum atomic E-state index is 11.8. The second kappa shape index (κ2) is 6.60. The quantitative estimate of drug-likeness (QED) is 0.893. The molecule has 6 heteroatoms. The standard InChI is InChI=1S/C10H12F3NO.ClH/c1-15-9-4-2-8(3-5-9)6-14-7-10(11,12)13;/h2-5,14H,6-7H2,1H3;1H. The summed E-state index contributed by atoms with van der Waals surface area (Å²) >= 11 is 0. The van der Waals surface area contributed by atoms with E-state index in [9.17, 15) is 13.2 Å². The van der Waals surface area contributed by atoms with E-state index in [4.69, 9.17) is 4.74 Å². The molecule has 0 spiro atoms.